The Hall–Kier alpha value is -2.45. The van der Waals surface area contributed by atoms with Crippen LogP contribution in [0.25, 0.3) is 11.3 Å². The fourth-order valence-electron chi connectivity index (χ4n) is 2.83. The van der Waals surface area contributed by atoms with Crippen LogP contribution >= 0.6 is 0 Å². The van der Waals surface area contributed by atoms with Crippen molar-refractivity contribution in [3.8, 4) is 0 Å². The average molecular weight is 315 g/mol. The zero-order chi connectivity index (χ0) is 16.1. The van der Waals surface area contributed by atoms with Gasteiger partial charge in [0.1, 0.15) is 8.07 Å². The van der Waals surface area contributed by atoms with Crippen LogP contribution in [-0.2, 0) is 0 Å². The molecule has 0 aliphatic heterocycles. The maximum atomic E-state index is 4.66. The molecule has 0 aliphatic carbocycles. The molecule has 2 aromatic carbocycles. The Kier molecular flexibility index (Phi) is 4.54. The lowest BCUT2D eigenvalue weighted by Gasteiger charge is -2.26. The number of hydrogen-bond donors (Lipinski definition) is 0. The number of pyridine rings is 1. The summed E-state index contributed by atoms with van der Waals surface area (Å²) in [5.74, 6) is 0. The summed E-state index contributed by atoms with van der Waals surface area (Å²) >= 11 is 0. The van der Waals surface area contributed by atoms with Gasteiger partial charge in [-0.1, -0.05) is 85.9 Å². The summed E-state index contributed by atoms with van der Waals surface area (Å²) in [4.78, 5) is 4.66. The van der Waals surface area contributed by atoms with Crippen LogP contribution in [0.1, 0.15) is 11.1 Å². The van der Waals surface area contributed by atoms with Gasteiger partial charge in [0, 0.05) is 11.5 Å². The van der Waals surface area contributed by atoms with E-state index in [1.807, 2.05) is 12.3 Å². The van der Waals surface area contributed by atoms with Gasteiger partial charge in [-0.25, -0.2) is 0 Å². The SMILES string of the molecule is C[Si](C)(/C(=C/c1ccccc1)c1ccccc1)c1ccccn1. The lowest BCUT2D eigenvalue weighted by Crippen LogP contribution is -2.44. The molecule has 0 unspecified atom stereocenters. The third-order valence-corrected chi connectivity index (χ3v) is 7.53. The third kappa shape index (κ3) is 3.49. The van der Waals surface area contributed by atoms with Crippen LogP contribution < -0.4 is 5.32 Å². The molecular formula is C21H21NSi. The molecule has 2 heteroatoms. The van der Waals surface area contributed by atoms with Crippen molar-refractivity contribution in [2.75, 3.05) is 0 Å². The highest BCUT2D eigenvalue weighted by Crippen LogP contribution is 2.27. The molecule has 0 atom stereocenters. The van der Waals surface area contributed by atoms with Crippen molar-refractivity contribution in [3.05, 3.63) is 96.2 Å². The molecule has 0 saturated carbocycles. The predicted octanol–water partition coefficient (Wildman–Crippen LogP) is 4.78. The minimum absolute atomic E-state index is 1.21. The molecule has 1 heterocycles. The molecule has 0 saturated heterocycles. The van der Waals surface area contributed by atoms with Crippen molar-refractivity contribution in [2.24, 2.45) is 0 Å². The monoisotopic (exact) mass is 315 g/mol. The van der Waals surface area contributed by atoms with E-state index >= 15 is 0 Å². The highest BCUT2D eigenvalue weighted by molar-refractivity contribution is 7.04. The molecule has 0 bridgehead atoms. The minimum Gasteiger partial charge on any atom is -0.266 e. The quantitative estimate of drug-likeness (QED) is 0.499. The summed E-state index contributed by atoms with van der Waals surface area (Å²) in [6, 6.07) is 27.5. The van der Waals surface area contributed by atoms with Crippen LogP contribution in [-0.4, -0.2) is 13.1 Å². The van der Waals surface area contributed by atoms with Gasteiger partial charge < -0.3 is 0 Å². The van der Waals surface area contributed by atoms with Gasteiger partial charge in [-0.05, 0) is 28.5 Å². The van der Waals surface area contributed by atoms with E-state index in [4.69, 9.17) is 0 Å². The van der Waals surface area contributed by atoms with Crippen LogP contribution in [0, 0.1) is 0 Å². The molecule has 23 heavy (non-hydrogen) atoms. The third-order valence-electron chi connectivity index (χ3n) is 4.17. The van der Waals surface area contributed by atoms with Crippen molar-refractivity contribution in [1.29, 1.82) is 0 Å². The second-order valence-corrected chi connectivity index (χ2v) is 10.5. The van der Waals surface area contributed by atoms with Crippen molar-refractivity contribution in [3.63, 3.8) is 0 Å². The summed E-state index contributed by atoms with van der Waals surface area (Å²) in [5, 5.41) is 2.62. The minimum atomic E-state index is -1.88. The lowest BCUT2D eigenvalue weighted by atomic mass is 10.1. The Morgan fingerprint density at radius 1 is 0.783 bits per heavy atom. The molecule has 1 nitrogen and oxygen atoms in total. The van der Waals surface area contributed by atoms with Crippen LogP contribution in [0.5, 0.6) is 0 Å². The van der Waals surface area contributed by atoms with Gasteiger partial charge in [-0.2, -0.15) is 0 Å². The molecule has 1 aromatic heterocycles. The molecule has 3 aromatic rings. The Balaban J connectivity index is 2.15. The largest absolute Gasteiger partial charge is 0.266 e. The van der Waals surface area contributed by atoms with Crippen LogP contribution in [0.3, 0.4) is 0 Å². The summed E-state index contributed by atoms with van der Waals surface area (Å²) < 4.78 is 0. The Bertz CT molecular complexity index is 778. The van der Waals surface area contributed by atoms with Gasteiger partial charge in [0.2, 0.25) is 0 Å². The van der Waals surface area contributed by atoms with Crippen LogP contribution in [0.4, 0.5) is 0 Å². The van der Waals surface area contributed by atoms with E-state index in [2.05, 4.69) is 97.0 Å². The first kappa shape index (κ1) is 15.4. The smallest absolute Gasteiger partial charge is 0.136 e. The van der Waals surface area contributed by atoms with E-state index in [1.54, 1.807) is 0 Å². The maximum Gasteiger partial charge on any atom is 0.136 e. The summed E-state index contributed by atoms with van der Waals surface area (Å²) in [6.45, 7) is 4.74. The van der Waals surface area contributed by atoms with E-state index in [1.165, 1.54) is 21.6 Å². The van der Waals surface area contributed by atoms with Gasteiger partial charge in [0.15, 0.2) is 0 Å². The van der Waals surface area contributed by atoms with Gasteiger partial charge >= 0.3 is 0 Å². The first-order chi connectivity index (χ1) is 11.2. The Labute approximate surface area is 139 Å². The fraction of sp³-hybridized carbons (Fsp3) is 0.0952. The van der Waals surface area contributed by atoms with Crippen molar-refractivity contribution in [2.45, 2.75) is 13.1 Å². The summed E-state index contributed by atoms with van der Waals surface area (Å²) in [5.41, 5.74) is 2.53. The summed E-state index contributed by atoms with van der Waals surface area (Å²) in [6.07, 6.45) is 4.23. The second-order valence-electron chi connectivity index (χ2n) is 6.17. The predicted molar refractivity (Wildman–Crippen MR) is 102 cm³/mol. The standard InChI is InChI=1S/C21H21NSi/c1-23(2,21-15-9-10-16-22-21)20(19-13-7-4-8-14-19)17-18-11-5-3-6-12-18/h3-17H,1-2H3/b20-17+. The normalized spacial score (nSPS) is 12.2. The molecule has 114 valence electrons. The highest BCUT2D eigenvalue weighted by Gasteiger charge is 2.30. The number of rotatable bonds is 4. The van der Waals surface area contributed by atoms with E-state index in [0.29, 0.717) is 0 Å². The van der Waals surface area contributed by atoms with Gasteiger partial charge in [0.25, 0.3) is 0 Å². The maximum absolute atomic E-state index is 4.66. The fourth-order valence-corrected chi connectivity index (χ4v) is 5.43. The van der Waals surface area contributed by atoms with E-state index < -0.39 is 8.07 Å². The van der Waals surface area contributed by atoms with Gasteiger partial charge in [-0.3, -0.25) is 4.98 Å². The Morgan fingerprint density at radius 2 is 1.39 bits per heavy atom. The number of hydrogen-bond acceptors (Lipinski definition) is 1. The molecular weight excluding hydrogens is 294 g/mol. The van der Waals surface area contributed by atoms with Gasteiger partial charge in [-0.15, -0.1) is 0 Å². The van der Waals surface area contributed by atoms with Crippen molar-refractivity contribution < 1.29 is 0 Å². The van der Waals surface area contributed by atoms with Gasteiger partial charge in [0.05, 0.1) is 0 Å². The van der Waals surface area contributed by atoms with E-state index in [-0.39, 0.29) is 0 Å². The topological polar surface area (TPSA) is 12.9 Å². The van der Waals surface area contributed by atoms with E-state index in [0.717, 1.165) is 0 Å². The van der Waals surface area contributed by atoms with Crippen molar-refractivity contribution in [1.82, 2.24) is 4.98 Å². The van der Waals surface area contributed by atoms with Crippen LogP contribution in [0.15, 0.2) is 85.1 Å². The first-order valence-electron chi connectivity index (χ1n) is 7.92. The van der Waals surface area contributed by atoms with E-state index in [9.17, 15) is 0 Å². The second kappa shape index (κ2) is 6.76. The molecule has 0 radical (unpaired) electrons. The highest BCUT2D eigenvalue weighted by atomic mass is 28.3. The lowest BCUT2D eigenvalue weighted by molar-refractivity contribution is 1.37. The number of benzene rings is 2. The summed E-state index contributed by atoms with van der Waals surface area (Å²) in [7, 11) is -1.88. The van der Waals surface area contributed by atoms with Crippen LogP contribution in [0.2, 0.25) is 13.1 Å². The first-order valence-corrected chi connectivity index (χ1v) is 10.9. The zero-order valence-corrected chi connectivity index (χ0v) is 14.6. The molecule has 0 aliphatic rings. The molecule has 3 rings (SSSR count). The molecule has 0 amide bonds. The molecule has 0 N–H and O–H groups in total. The number of nitrogens with zero attached hydrogens (tertiary/aromatic N) is 1. The number of aromatic nitrogens is 1. The zero-order valence-electron chi connectivity index (χ0n) is 13.6. The van der Waals surface area contributed by atoms with Crippen molar-refractivity contribution >= 4 is 24.7 Å². The average Bonchev–Trinajstić information content (AvgIpc) is 2.62. The molecule has 0 spiro atoms. The molecule has 0 fully saturated rings. The Morgan fingerprint density at radius 3 is 2.00 bits per heavy atom.